The summed E-state index contributed by atoms with van der Waals surface area (Å²) in [6.07, 6.45) is 9.95. The Balaban J connectivity index is 1.35. The van der Waals surface area contributed by atoms with Crippen molar-refractivity contribution in [1.82, 2.24) is 9.88 Å². The third-order valence-corrected chi connectivity index (χ3v) is 8.06. The third-order valence-electron chi connectivity index (χ3n) is 7.16. The molecule has 138 valence electrons. The highest BCUT2D eigenvalue weighted by Crippen LogP contribution is 2.60. The van der Waals surface area contributed by atoms with Gasteiger partial charge in [0.15, 0.2) is 0 Å². The molecule has 0 unspecified atom stereocenters. The molecule has 0 spiro atoms. The average Bonchev–Trinajstić information content (AvgIpc) is 3.08. The number of thiazole rings is 1. The third kappa shape index (κ3) is 3.03. The molecule has 4 saturated carbocycles. The minimum Gasteiger partial charge on any atom is -0.309 e. The quantitative estimate of drug-likeness (QED) is 0.706. The molecule has 2 nitrogen and oxygen atoms in total. The van der Waals surface area contributed by atoms with E-state index in [4.69, 9.17) is 4.98 Å². The van der Waals surface area contributed by atoms with Crippen LogP contribution in [0.1, 0.15) is 49.1 Å². The first-order valence-electron chi connectivity index (χ1n) is 10.3. The van der Waals surface area contributed by atoms with Gasteiger partial charge in [-0.25, -0.2) is 4.98 Å². The van der Waals surface area contributed by atoms with Gasteiger partial charge in [0.25, 0.3) is 0 Å². The molecule has 0 amide bonds. The van der Waals surface area contributed by atoms with Gasteiger partial charge >= 0.3 is 0 Å². The molecule has 4 bridgehead atoms. The van der Waals surface area contributed by atoms with Crippen LogP contribution in [0.4, 0.5) is 0 Å². The van der Waals surface area contributed by atoms with Gasteiger partial charge in [0.1, 0.15) is 0 Å². The van der Waals surface area contributed by atoms with Gasteiger partial charge in [0.2, 0.25) is 0 Å². The summed E-state index contributed by atoms with van der Waals surface area (Å²) in [7, 11) is 4.25. The van der Waals surface area contributed by atoms with Crippen LogP contribution in [0.2, 0.25) is 0 Å². The molecule has 4 fully saturated rings. The molecule has 1 aromatic heterocycles. The van der Waals surface area contributed by atoms with Crippen molar-refractivity contribution in [2.24, 2.45) is 17.8 Å². The molecule has 1 aromatic carbocycles. The van der Waals surface area contributed by atoms with Crippen molar-refractivity contribution in [3.05, 3.63) is 40.2 Å². The normalized spacial score (nSPS) is 32.5. The van der Waals surface area contributed by atoms with E-state index in [0.717, 1.165) is 36.4 Å². The summed E-state index contributed by atoms with van der Waals surface area (Å²) in [5.74, 6) is 3.04. The molecule has 4 aliphatic carbocycles. The van der Waals surface area contributed by atoms with Gasteiger partial charge in [-0.05, 0) is 81.4 Å². The fourth-order valence-corrected chi connectivity index (χ4v) is 7.13. The van der Waals surface area contributed by atoms with Crippen molar-refractivity contribution in [2.75, 3.05) is 20.6 Å². The molecule has 0 saturated heterocycles. The maximum atomic E-state index is 4.87. The van der Waals surface area contributed by atoms with Crippen molar-refractivity contribution < 1.29 is 0 Å². The fourth-order valence-electron chi connectivity index (χ4n) is 6.34. The SMILES string of the molecule is CN(C)CCc1nc(-c2ccc(C34CC5CC(CC(C5)C3)C4)cc2)cs1. The Morgan fingerprint density at radius 2 is 1.62 bits per heavy atom. The molecule has 0 aliphatic heterocycles. The largest absolute Gasteiger partial charge is 0.309 e. The van der Waals surface area contributed by atoms with Crippen LogP contribution in [0.5, 0.6) is 0 Å². The maximum Gasteiger partial charge on any atom is 0.0945 e. The maximum absolute atomic E-state index is 4.87. The number of hydrogen-bond donors (Lipinski definition) is 0. The highest BCUT2D eigenvalue weighted by atomic mass is 32.1. The number of aromatic nitrogens is 1. The molecule has 6 rings (SSSR count). The second-order valence-corrected chi connectivity index (χ2v) is 10.4. The van der Waals surface area contributed by atoms with Gasteiger partial charge < -0.3 is 4.90 Å². The zero-order valence-electron chi connectivity index (χ0n) is 16.1. The molecular weight excluding hydrogens is 336 g/mol. The lowest BCUT2D eigenvalue weighted by Crippen LogP contribution is -2.48. The molecule has 0 N–H and O–H groups in total. The lowest BCUT2D eigenvalue weighted by Gasteiger charge is -2.57. The monoisotopic (exact) mass is 366 g/mol. The first kappa shape index (κ1) is 16.9. The van der Waals surface area contributed by atoms with E-state index in [2.05, 4.69) is 48.6 Å². The molecule has 1 heterocycles. The second-order valence-electron chi connectivity index (χ2n) is 9.45. The van der Waals surface area contributed by atoms with Crippen LogP contribution < -0.4 is 0 Å². The van der Waals surface area contributed by atoms with Crippen LogP contribution in [-0.4, -0.2) is 30.5 Å². The molecule has 2 aromatic rings. The van der Waals surface area contributed by atoms with E-state index in [0.29, 0.717) is 5.41 Å². The number of hydrogen-bond acceptors (Lipinski definition) is 3. The molecule has 0 radical (unpaired) electrons. The summed E-state index contributed by atoms with van der Waals surface area (Å²) < 4.78 is 0. The summed E-state index contributed by atoms with van der Waals surface area (Å²) in [6.45, 7) is 1.07. The van der Waals surface area contributed by atoms with Crippen LogP contribution in [0.25, 0.3) is 11.3 Å². The van der Waals surface area contributed by atoms with E-state index in [1.165, 1.54) is 49.1 Å². The summed E-state index contributed by atoms with van der Waals surface area (Å²) in [5.41, 5.74) is 4.56. The minimum absolute atomic E-state index is 0.506. The first-order chi connectivity index (χ1) is 12.6. The topological polar surface area (TPSA) is 16.1 Å². The highest BCUT2D eigenvalue weighted by molar-refractivity contribution is 7.09. The van der Waals surface area contributed by atoms with Crippen molar-refractivity contribution in [2.45, 2.75) is 50.4 Å². The highest BCUT2D eigenvalue weighted by Gasteiger charge is 2.51. The Labute approximate surface area is 161 Å². The zero-order chi connectivity index (χ0) is 17.7. The van der Waals surface area contributed by atoms with Crippen LogP contribution in [0.3, 0.4) is 0 Å². The second kappa shape index (κ2) is 6.45. The average molecular weight is 367 g/mol. The number of benzene rings is 1. The number of likely N-dealkylation sites (N-methyl/N-ethyl adjacent to an activating group) is 1. The molecule has 26 heavy (non-hydrogen) atoms. The number of nitrogens with zero attached hydrogens (tertiary/aromatic N) is 2. The van der Waals surface area contributed by atoms with Gasteiger partial charge in [0, 0.05) is 23.9 Å². The van der Waals surface area contributed by atoms with E-state index >= 15 is 0 Å². The Morgan fingerprint density at radius 3 is 2.19 bits per heavy atom. The van der Waals surface area contributed by atoms with Crippen LogP contribution in [0, 0.1) is 17.8 Å². The lowest BCUT2D eigenvalue weighted by atomic mass is 9.48. The minimum atomic E-state index is 0.506. The number of rotatable bonds is 5. The van der Waals surface area contributed by atoms with Gasteiger partial charge in [-0.2, -0.15) is 0 Å². The van der Waals surface area contributed by atoms with Gasteiger partial charge in [-0.3, -0.25) is 0 Å². The molecule has 3 heteroatoms. The van der Waals surface area contributed by atoms with Crippen molar-refractivity contribution in [1.29, 1.82) is 0 Å². The van der Waals surface area contributed by atoms with Gasteiger partial charge in [-0.15, -0.1) is 11.3 Å². The smallest absolute Gasteiger partial charge is 0.0945 e. The summed E-state index contributed by atoms with van der Waals surface area (Å²) in [4.78, 5) is 7.09. The Morgan fingerprint density at radius 1 is 1.00 bits per heavy atom. The Kier molecular flexibility index (Phi) is 4.21. The predicted molar refractivity (Wildman–Crippen MR) is 110 cm³/mol. The van der Waals surface area contributed by atoms with Gasteiger partial charge in [-0.1, -0.05) is 24.3 Å². The molecule has 0 atom stereocenters. The molecule has 4 aliphatic rings. The van der Waals surface area contributed by atoms with E-state index in [-0.39, 0.29) is 0 Å². The van der Waals surface area contributed by atoms with E-state index in [1.807, 2.05) is 0 Å². The van der Waals surface area contributed by atoms with E-state index in [9.17, 15) is 0 Å². The van der Waals surface area contributed by atoms with Crippen molar-refractivity contribution >= 4 is 11.3 Å². The first-order valence-corrected chi connectivity index (χ1v) is 11.2. The predicted octanol–water partition coefficient (Wildman–Crippen LogP) is 5.38. The summed E-state index contributed by atoms with van der Waals surface area (Å²) in [6, 6.07) is 9.53. The van der Waals surface area contributed by atoms with Crippen LogP contribution in [-0.2, 0) is 11.8 Å². The van der Waals surface area contributed by atoms with Crippen molar-refractivity contribution in [3.63, 3.8) is 0 Å². The standard InChI is InChI=1S/C23H30N2S/c1-25(2)8-7-22-24-21(15-26-22)19-3-5-20(6-4-19)23-12-16-9-17(13-23)11-18(10-16)14-23/h3-6,15-18H,7-14H2,1-2H3. The summed E-state index contributed by atoms with van der Waals surface area (Å²) in [5, 5.41) is 3.48. The Hall–Kier alpha value is -1.19. The van der Waals surface area contributed by atoms with Crippen LogP contribution >= 0.6 is 11.3 Å². The zero-order valence-corrected chi connectivity index (χ0v) is 16.9. The lowest BCUT2D eigenvalue weighted by molar-refractivity contribution is -0.00518. The van der Waals surface area contributed by atoms with E-state index < -0.39 is 0 Å². The van der Waals surface area contributed by atoms with Gasteiger partial charge in [0.05, 0.1) is 10.7 Å². The fraction of sp³-hybridized carbons (Fsp3) is 0.609. The van der Waals surface area contributed by atoms with Crippen molar-refractivity contribution in [3.8, 4) is 11.3 Å². The van der Waals surface area contributed by atoms with Crippen LogP contribution in [0.15, 0.2) is 29.6 Å². The molecular formula is C23H30N2S. The van der Waals surface area contributed by atoms with E-state index in [1.54, 1.807) is 16.9 Å². The Bertz CT molecular complexity index is 738. The summed E-state index contributed by atoms with van der Waals surface area (Å²) >= 11 is 1.80.